The smallest absolute Gasteiger partial charge is 0.0484 e. The highest BCUT2D eigenvalue weighted by Gasteiger charge is 2.28. The fourth-order valence-electron chi connectivity index (χ4n) is 1.93. The van der Waals surface area contributed by atoms with Gasteiger partial charge in [0.05, 0.1) is 0 Å². The summed E-state index contributed by atoms with van der Waals surface area (Å²) in [6.45, 7) is 6.00. The topological polar surface area (TPSA) is 38.5 Å². The van der Waals surface area contributed by atoms with Crippen LogP contribution in [0.4, 0.5) is 0 Å². The molecule has 3 nitrogen and oxygen atoms in total. The first-order chi connectivity index (χ1) is 6.16. The molecular formula is C10H22N2O. The van der Waals surface area contributed by atoms with Gasteiger partial charge in [-0.1, -0.05) is 6.92 Å². The largest absolute Gasteiger partial charge is 0.381 e. The molecule has 0 radical (unpaired) electrons. The minimum absolute atomic E-state index is 0.00215. The van der Waals surface area contributed by atoms with Gasteiger partial charge >= 0.3 is 0 Å². The first-order valence-corrected chi connectivity index (χ1v) is 5.21. The summed E-state index contributed by atoms with van der Waals surface area (Å²) >= 11 is 0. The average molecular weight is 186 g/mol. The Morgan fingerprint density at radius 3 is 2.54 bits per heavy atom. The van der Waals surface area contributed by atoms with Crippen LogP contribution < -0.4 is 5.73 Å². The van der Waals surface area contributed by atoms with E-state index in [2.05, 4.69) is 18.9 Å². The lowest BCUT2D eigenvalue weighted by molar-refractivity contribution is 0.0411. The lowest BCUT2D eigenvalue weighted by atomic mass is 9.91. The van der Waals surface area contributed by atoms with Crippen LogP contribution in [0.25, 0.3) is 0 Å². The molecule has 0 atom stereocenters. The van der Waals surface area contributed by atoms with E-state index in [0.29, 0.717) is 0 Å². The molecule has 0 aromatic rings. The molecule has 1 aliphatic heterocycles. The molecule has 0 spiro atoms. The molecule has 2 N–H and O–H groups in total. The standard InChI is InChI=1S/C10H22N2O/c1-3-6-12(2)9-10(11)4-7-13-8-5-10/h3-9,11H2,1-2H3. The minimum atomic E-state index is 0.00215. The maximum Gasteiger partial charge on any atom is 0.0484 e. The predicted octanol–water partition coefficient (Wildman–Crippen LogP) is 0.836. The lowest BCUT2D eigenvalue weighted by Crippen LogP contribution is -2.52. The van der Waals surface area contributed by atoms with Gasteiger partial charge in [0.1, 0.15) is 0 Å². The van der Waals surface area contributed by atoms with Crippen molar-refractivity contribution in [2.45, 2.75) is 31.7 Å². The molecule has 0 aromatic carbocycles. The zero-order valence-corrected chi connectivity index (χ0v) is 8.88. The molecule has 1 heterocycles. The van der Waals surface area contributed by atoms with E-state index in [1.807, 2.05) is 0 Å². The van der Waals surface area contributed by atoms with E-state index < -0.39 is 0 Å². The molecule has 0 aliphatic carbocycles. The zero-order valence-electron chi connectivity index (χ0n) is 8.88. The Morgan fingerprint density at radius 2 is 2.00 bits per heavy atom. The second kappa shape index (κ2) is 4.94. The Kier molecular flexibility index (Phi) is 4.16. The van der Waals surface area contributed by atoms with Gasteiger partial charge in [0.2, 0.25) is 0 Å². The number of hydrogen-bond donors (Lipinski definition) is 1. The van der Waals surface area contributed by atoms with Crippen LogP contribution in [-0.4, -0.2) is 43.8 Å². The number of nitrogens with two attached hydrogens (primary N) is 1. The van der Waals surface area contributed by atoms with Crippen LogP contribution in [0.2, 0.25) is 0 Å². The van der Waals surface area contributed by atoms with Crippen molar-refractivity contribution in [2.75, 3.05) is 33.4 Å². The Bertz CT molecular complexity index is 144. The molecule has 1 rings (SSSR count). The molecular weight excluding hydrogens is 164 g/mol. The van der Waals surface area contributed by atoms with Gasteiger partial charge in [-0.05, 0) is 32.9 Å². The van der Waals surface area contributed by atoms with Gasteiger partial charge in [-0.15, -0.1) is 0 Å². The summed E-state index contributed by atoms with van der Waals surface area (Å²) in [5.74, 6) is 0. The monoisotopic (exact) mass is 186 g/mol. The van der Waals surface area contributed by atoms with Gasteiger partial charge in [0, 0.05) is 25.3 Å². The van der Waals surface area contributed by atoms with Gasteiger partial charge in [0.15, 0.2) is 0 Å². The molecule has 1 fully saturated rings. The highest BCUT2D eigenvalue weighted by atomic mass is 16.5. The Balaban J connectivity index is 2.31. The molecule has 0 bridgehead atoms. The Labute approximate surface area is 81.2 Å². The van der Waals surface area contributed by atoms with Gasteiger partial charge in [0.25, 0.3) is 0 Å². The summed E-state index contributed by atoms with van der Waals surface area (Å²) < 4.78 is 5.31. The normalized spacial score (nSPS) is 22.2. The van der Waals surface area contributed by atoms with Crippen LogP contribution in [0.15, 0.2) is 0 Å². The molecule has 3 heteroatoms. The third-order valence-electron chi connectivity index (χ3n) is 2.68. The highest BCUT2D eigenvalue weighted by Crippen LogP contribution is 2.18. The van der Waals surface area contributed by atoms with E-state index in [4.69, 9.17) is 10.5 Å². The third kappa shape index (κ3) is 3.63. The summed E-state index contributed by atoms with van der Waals surface area (Å²) in [6, 6.07) is 0. The summed E-state index contributed by atoms with van der Waals surface area (Å²) in [4.78, 5) is 2.32. The third-order valence-corrected chi connectivity index (χ3v) is 2.68. The molecule has 78 valence electrons. The number of hydrogen-bond acceptors (Lipinski definition) is 3. The van der Waals surface area contributed by atoms with Gasteiger partial charge in [-0.3, -0.25) is 0 Å². The minimum Gasteiger partial charge on any atom is -0.381 e. The average Bonchev–Trinajstić information content (AvgIpc) is 2.04. The van der Waals surface area contributed by atoms with E-state index in [0.717, 1.165) is 39.1 Å². The lowest BCUT2D eigenvalue weighted by Gasteiger charge is -2.36. The van der Waals surface area contributed by atoms with Crippen molar-refractivity contribution in [3.8, 4) is 0 Å². The molecule has 0 saturated carbocycles. The molecule has 0 amide bonds. The van der Waals surface area contributed by atoms with Gasteiger partial charge in [-0.2, -0.15) is 0 Å². The SMILES string of the molecule is CCCN(C)CC1(N)CCOCC1. The molecule has 1 aliphatic rings. The molecule has 13 heavy (non-hydrogen) atoms. The van der Waals surface area contributed by atoms with Gasteiger partial charge in [-0.25, -0.2) is 0 Å². The van der Waals surface area contributed by atoms with Crippen LogP contribution in [0.3, 0.4) is 0 Å². The Morgan fingerprint density at radius 1 is 1.38 bits per heavy atom. The van der Waals surface area contributed by atoms with Crippen LogP contribution in [0.5, 0.6) is 0 Å². The first-order valence-electron chi connectivity index (χ1n) is 5.21. The van der Waals surface area contributed by atoms with Crippen molar-refractivity contribution in [3.63, 3.8) is 0 Å². The molecule has 0 unspecified atom stereocenters. The van der Waals surface area contributed by atoms with E-state index in [-0.39, 0.29) is 5.54 Å². The number of nitrogens with zero attached hydrogens (tertiary/aromatic N) is 1. The molecule has 1 saturated heterocycles. The van der Waals surface area contributed by atoms with E-state index in [1.165, 1.54) is 6.42 Å². The van der Waals surface area contributed by atoms with Crippen molar-refractivity contribution < 1.29 is 4.74 Å². The van der Waals surface area contributed by atoms with Crippen molar-refractivity contribution in [2.24, 2.45) is 5.73 Å². The Hall–Kier alpha value is -0.120. The highest BCUT2D eigenvalue weighted by molar-refractivity contribution is 4.88. The fraction of sp³-hybridized carbons (Fsp3) is 1.00. The number of ether oxygens (including phenoxy) is 1. The van der Waals surface area contributed by atoms with Crippen LogP contribution in [0.1, 0.15) is 26.2 Å². The second-order valence-corrected chi connectivity index (χ2v) is 4.21. The van der Waals surface area contributed by atoms with E-state index >= 15 is 0 Å². The van der Waals surface area contributed by atoms with E-state index in [1.54, 1.807) is 0 Å². The van der Waals surface area contributed by atoms with Crippen LogP contribution in [-0.2, 0) is 4.74 Å². The summed E-state index contributed by atoms with van der Waals surface area (Å²) in [7, 11) is 2.15. The quantitative estimate of drug-likeness (QED) is 0.707. The van der Waals surface area contributed by atoms with Crippen molar-refractivity contribution >= 4 is 0 Å². The van der Waals surface area contributed by atoms with Gasteiger partial charge < -0.3 is 15.4 Å². The number of likely N-dealkylation sites (N-methyl/N-ethyl adjacent to an activating group) is 1. The van der Waals surface area contributed by atoms with Crippen LogP contribution >= 0.6 is 0 Å². The second-order valence-electron chi connectivity index (χ2n) is 4.21. The predicted molar refractivity (Wildman–Crippen MR) is 54.8 cm³/mol. The zero-order chi connectivity index (χ0) is 9.73. The van der Waals surface area contributed by atoms with Crippen LogP contribution in [0, 0.1) is 0 Å². The summed E-state index contributed by atoms with van der Waals surface area (Å²) in [6.07, 6.45) is 3.20. The fourth-order valence-corrected chi connectivity index (χ4v) is 1.93. The summed E-state index contributed by atoms with van der Waals surface area (Å²) in [5.41, 5.74) is 6.27. The first kappa shape index (κ1) is 11.0. The molecule has 0 aromatic heterocycles. The van der Waals surface area contributed by atoms with Crippen molar-refractivity contribution in [1.82, 2.24) is 4.90 Å². The maximum absolute atomic E-state index is 6.27. The summed E-state index contributed by atoms with van der Waals surface area (Å²) in [5, 5.41) is 0. The van der Waals surface area contributed by atoms with Crippen molar-refractivity contribution in [3.05, 3.63) is 0 Å². The van der Waals surface area contributed by atoms with E-state index in [9.17, 15) is 0 Å². The van der Waals surface area contributed by atoms with Crippen molar-refractivity contribution in [1.29, 1.82) is 0 Å². The number of rotatable bonds is 4. The maximum atomic E-state index is 6.27.